The maximum Gasteiger partial charge on any atom is 0.239 e. The van der Waals surface area contributed by atoms with Crippen LogP contribution < -0.4 is 10.2 Å². The monoisotopic (exact) mass is 296 g/mol. The molecule has 0 atom stereocenters. The third-order valence-electron chi connectivity index (χ3n) is 3.88. The van der Waals surface area contributed by atoms with Gasteiger partial charge in [-0.05, 0) is 43.5 Å². The first-order valence-corrected chi connectivity index (χ1v) is 7.57. The predicted octanol–water partition coefficient (Wildman–Crippen LogP) is 3.36. The number of carbonyl (C=O) groups is 1. The third-order valence-corrected chi connectivity index (χ3v) is 3.88. The smallest absolute Gasteiger partial charge is 0.239 e. The Hall–Kier alpha value is -2.29. The van der Waals surface area contributed by atoms with Crippen molar-refractivity contribution in [3.8, 4) is 0 Å². The highest BCUT2D eigenvalue weighted by atomic mass is 16.2. The van der Waals surface area contributed by atoms with Crippen molar-refractivity contribution < 1.29 is 4.79 Å². The summed E-state index contributed by atoms with van der Waals surface area (Å²) in [4.78, 5) is 14.1. The van der Waals surface area contributed by atoms with Gasteiger partial charge in [-0.15, -0.1) is 0 Å². The van der Waals surface area contributed by atoms with Gasteiger partial charge in [-0.1, -0.05) is 42.0 Å². The molecule has 1 amide bonds. The molecule has 0 saturated carbocycles. The number of likely N-dealkylation sites (N-methyl/N-ethyl adjacent to an activating group) is 1. The first kappa shape index (κ1) is 16.1. The molecule has 0 aliphatic rings. The number of carbonyl (C=O) groups excluding carboxylic acids is 1. The van der Waals surface area contributed by atoms with E-state index in [0.717, 1.165) is 11.3 Å². The van der Waals surface area contributed by atoms with E-state index in [9.17, 15) is 4.79 Å². The molecule has 0 fully saturated rings. The maximum atomic E-state index is 12.1. The van der Waals surface area contributed by atoms with Crippen LogP contribution in [0.15, 0.2) is 42.5 Å². The fourth-order valence-electron chi connectivity index (χ4n) is 2.59. The van der Waals surface area contributed by atoms with Crippen molar-refractivity contribution in [1.82, 2.24) is 5.32 Å². The molecule has 2 aromatic rings. The Morgan fingerprint density at radius 3 is 2.45 bits per heavy atom. The van der Waals surface area contributed by atoms with Crippen molar-refractivity contribution in [2.24, 2.45) is 0 Å². The van der Waals surface area contributed by atoms with Crippen LogP contribution in [0.2, 0.25) is 0 Å². The summed E-state index contributed by atoms with van der Waals surface area (Å²) < 4.78 is 0. The lowest BCUT2D eigenvalue weighted by Crippen LogP contribution is -2.35. The van der Waals surface area contributed by atoms with Crippen molar-refractivity contribution in [2.45, 2.75) is 27.3 Å². The van der Waals surface area contributed by atoms with Gasteiger partial charge < -0.3 is 10.2 Å². The average Bonchev–Trinajstić information content (AvgIpc) is 2.46. The van der Waals surface area contributed by atoms with Crippen LogP contribution in [0.25, 0.3) is 0 Å². The van der Waals surface area contributed by atoms with Gasteiger partial charge in [-0.2, -0.15) is 0 Å². The number of benzene rings is 2. The fourth-order valence-corrected chi connectivity index (χ4v) is 2.59. The van der Waals surface area contributed by atoms with Crippen LogP contribution in [-0.4, -0.2) is 19.5 Å². The molecule has 0 saturated heterocycles. The molecule has 1 N–H and O–H groups in total. The molecule has 3 nitrogen and oxygen atoms in total. The second-order valence-corrected chi connectivity index (χ2v) is 5.85. The number of nitrogens with one attached hydrogen (secondary N) is 1. The third kappa shape index (κ3) is 4.10. The van der Waals surface area contributed by atoms with E-state index in [1.54, 1.807) is 0 Å². The molecule has 0 aromatic heterocycles. The number of nitrogens with zero attached hydrogens (tertiary/aromatic N) is 1. The van der Waals surface area contributed by atoms with Gasteiger partial charge in [0, 0.05) is 19.3 Å². The average molecular weight is 296 g/mol. The van der Waals surface area contributed by atoms with E-state index in [-0.39, 0.29) is 5.91 Å². The molecule has 0 aliphatic carbocycles. The first-order chi connectivity index (χ1) is 10.5. The van der Waals surface area contributed by atoms with E-state index >= 15 is 0 Å². The van der Waals surface area contributed by atoms with E-state index in [4.69, 9.17) is 0 Å². The zero-order chi connectivity index (χ0) is 16.1. The molecule has 0 unspecified atom stereocenters. The highest BCUT2D eigenvalue weighted by Crippen LogP contribution is 2.19. The Morgan fingerprint density at radius 2 is 1.77 bits per heavy atom. The van der Waals surface area contributed by atoms with E-state index < -0.39 is 0 Å². The minimum atomic E-state index is 0.0331. The number of hydrogen-bond donors (Lipinski definition) is 1. The Kier molecular flexibility index (Phi) is 5.21. The van der Waals surface area contributed by atoms with Gasteiger partial charge in [-0.25, -0.2) is 0 Å². The molecule has 2 rings (SSSR count). The van der Waals surface area contributed by atoms with E-state index in [1.165, 1.54) is 16.7 Å². The summed E-state index contributed by atoms with van der Waals surface area (Å²) in [6.45, 7) is 7.14. The van der Waals surface area contributed by atoms with Gasteiger partial charge in [-0.3, -0.25) is 4.79 Å². The Balaban J connectivity index is 1.93. The van der Waals surface area contributed by atoms with Crippen molar-refractivity contribution in [2.75, 3.05) is 18.5 Å². The van der Waals surface area contributed by atoms with Gasteiger partial charge in [0.15, 0.2) is 0 Å². The number of hydrogen-bond acceptors (Lipinski definition) is 2. The number of rotatable bonds is 5. The van der Waals surface area contributed by atoms with E-state index in [0.29, 0.717) is 13.1 Å². The van der Waals surface area contributed by atoms with Gasteiger partial charge in [0.25, 0.3) is 0 Å². The summed E-state index contributed by atoms with van der Waals surface area (Å²) in [5.74, 6) is 0.0331. The minimum Gasteiger partial charge on any atom is -0.365 e. The largest absolute Gasteiger partial charge is 0.365 e. The fraction of sp³-hybridized carbons (Fsp3) is 0.316. The number of amides is 1. The molecule has 2 aromatic carbocycles. The normalized spacial score (nSPS) is 10.4. The Bertz CT molecular complexity index is 664. The van der Waals surface area contributed by atoms with Crippen LogP contribution in [0.3, 0.4) is 0 Å². The van der Waals surface area contributed by atoms with Crippen LogP contribution in [0.1, 0.15) is 22.3 Å². The van der Waals surface area contributed by atoms with Crippen LogP contribution >= 0.6 is 0 Å². The molecule has 3 heteroatoms. The second-order valence-electron chi connectivity index (χ2n) is 5.85. The highest BCUT2D eigenvalue weighted by Gasteiger charge is 2.09. The second kappa shape index (κ2) is 7.12. The minimum absolute atomic E-state index is 0.0331. The number of aryl methyl sites for hydroxylation is 3. The first-order valence-electron chi connectivity index (χ1n) is 7.57. The lowest BCUT2D eigenvalue weighted by atomic mass is 10.1. The van der Waals surface area contributed by atoms with Gasteiger partial charge in [0.05, 0.1) is 6.54 Å². The Labute approximate surface area is 133 Å². The molecular formula is C19H24N2O. The highest BCUT2D eigenvalue weighted by molar-refractivity contribution is 5.81. The summed E-state index contributed by atoms with van der Waals surface area (Å²) >= 11 is 0. The topological polar surface area (TPSA) is 32.3 Å². The van der Waals surface area contributed by atoms with Crippen molar-refractivity contribution in [3.05, 3.63) is 64.7 Å². The van der Waals surface area contributed by atoms with Crippen LogP contribution in [0, 0.1) is 20.8 Å². The standard InChI is InChI=1S/C19H24N2O/c1-14-9-10-18(16(3)11-14)21(4)13-19(22)20-12-17-8-6-5-7-15(17)2/h5-11H,12-13H2,1-4H3,(H,20,22). The zero-order valence-corrected chi connectivity index (χ0v) is 13.8. The summed E-state index contributed by atoms with van der Waals surface area (Å²) in [6, 6.07) is 14.4. The molecule has 0 bridgehead atoms. The summed E-state index contributed by atoms with van der Waals surface area (Å²) in [6.07, 6.45) is 0. The van der Waals surface area contributed by atoms with Crippen molar-refractivity contribution in [1.29, 1.82) is 0 Å². The number of anilines is 1. The summed E-state index contributed by atoms with van der Waals surface area (Å²) in [7, 11) is 1.95. The Morgan fingerprint density at radius 1 is 1.05 bits per heavy atom. The predicted molar refractivity (Wildman–Crippen MR) is 92.2 cm³/mol. The zero-order valence-electron chi connectivity index (χ0n) is 13.8. The van der Waals surface area contributed by atoms with Crippen LogP contribution in [-0.2, 0) is 11.3 Å². The van der Waals surface area contributed by atoms with Crippen molar-refractivity contribution in [3.63, 3.8) is 0 Å². The van der Waals surface area contributed by atoms with E-state index in [2.05, 4.69) is 50.4 Å². The lowest BCUT2D eigenvalue weighted by Gasteiger charge is -2.21. The molecule has 22 heavy (non-hydrogen) atoms. The van der Waals surface area contributed by atoms with Gasteiger partial charge >= 0.3 is 0 Å². The molecule has 0 spiro atoms. The van der Waals surface area contributed by atoms with Crippen molar-refractivity contribution >= 4 is 11.6 Å². The lowest BCUT2D eigenvalue weighted by molar-refractivity contribution is -0.119. The van der Waals surface area contributed by atoms with Crippen LogP contribution in [0.5, 0.6) is 0 Å². The quantitative estimate of drug-likeness (QED) is 0.917. The molecule has 116 valence electrons. The van der Waals surface area contributed by atoms with Gasteiger partial charge in [0.2, 0.25) is 5.91 Å². The van der Waals surface area contributed by atoms with Crippen LogP contribution in [0.4, 0.5) is 5.69 Å². The summed E-state index contributed by atoms with van der Waals surface area (Å²) in [5.41, 5.74) is 5.88. The molecular weight excluding hydrogens is 272 g/mol. The SMILES string of the molecule is Cc1ccc(N(C)CC(=O)NCc2ccccc2C)c(C)c1. The van der Waals surface area contributed by atoms with E-state index in [1.807, 2.05) is 30.1 Å². The molecule has 0 aliphatic heterocycles. The van der Waals surface area contributed by atoms with Gasteiger partial charge in [0.1, 0.15) is 0 Å². The molecule has 0 heterocycles. The maximum absolute atomic E-state index is 12.1. The summed E-state index contributed by atoms with van der Waals surface area (Å²) in [5, 5.41) is 2.99. The molecule has 0 radical (unpaired) electrons.